The van der Waals surface area contributed by atoms with Crippen LogP contribution < -0.4 is 10.6 Å². The van der Waals surface area contributed by atoms with Crippen molar-refractivity contribution in [2.24, 2.45) is 0 Å². The maximum Gasteiger partial charge on any atom is 0.0600 e. The number of pyridine rings is 1. The second-order valence-corrected chi connectivity index (χ2v) is 3.74. The summed E-state index contributed by atoms with van der Waals surface area (Å²) in [6, 6.07) is 13.8. The van der Waals surface area contributed by atoms with E-state index in [1.807, 2.05) is 49.5 Å². The lowest BCUT2D eigenvalue weighted by Crippen LogP contribution is -2.18. The highest BCUT2D eigenvalue weighted by atomic mass is 15.1. The Labute approximate surface area is 95.5 Å². The highest BCUT2D eigenvalue weighted by Crippen LogP contribution is 2.22. The Kier molecular flexibility index (Phi) is 3.05. The van der Waals surface area contributed by atoms with Crippen molar-refractivity contribution in [2.45, 2.75) is 6.54 Å². The molecule has 0 aliphatic carbocycles. The van der Waals surface area contributed by atoms with Crippen molar-refractivity contribution in [3.05, 3.63) is 54.4 Å². The zero-order valence-corrected chi connectivity index (χ0v) is 9.30. The Balaban J connectivity index is 2.15. The van der Waals surface area contributed by atoms with Gasteiger partial charge in [0.15, 0.2) is 0 Å². The molecule has 0 saturated carbocycles. The normalized spacial score (nSPS) is 10.1. The van der Waals surface area contributed by atoms with E-state index in [0.29, 0.717) is 0 Å². The molecule has 0 spiro atoms. The molecular formula is C13H15N3. The Morgan fingerprint density at radius 2 is 1.88 bits per heavy atom. The third kappa shape index (κ3) is 2.31. The zero-order valence-electron chi connectivity index (χ0n) is 9.30. The molecule has 0 unspecified atom stereocenters. The van der Waals surface area contributed by atoms with Crippen LogP contribution in [0.1, 0.15) is 5.69 Å². The lowest BCUT2D eigenvalue weighted by Gasteiger charge is -2.20. The van der Waals surface area contributed by atoms with E-state index in [2.05, 4.69) is 9.88 Å². The molecule has 82 valence electrons. The molecule has 3 nitrogen and oxygen atoms in total. The van der Waals surface area contributed by atoms with Crippen LogP contribution >= 0.6 is 0 Å². The van der Waals surface area contributed by atoms with Gasteiger partial charge in [-0.25, -0.2) is 0 Å². The highest BCUT2D eigenvalue weighted by molar-refractivity contribution is 5.66. The van der Waals surface area contributed by atoms with Crippen molar-refractivity contribution in [2.75, 3.05) is 17.7 Å². The molecule has 1 aromatic heterocycles. The molecule has 16 heavy (non-hydrogen) atoms. The fourth-order valence-electron chi connectivity index (χ4n) is 1.65. The predicted octanol–water partition coefficient (Wildman–Crippen LogP) is 2.30. The number of hydrogen-bond acceptors (Lipinski definition) is 3. The van der Waals surface area contributed by atoms with Crippen LogP contribution in [0, 0.1) is 0 Å². The van der Waals surface area contributed by atoms with Crippen LogP contribution in [0.5, 0.6) is 0 Å². The lowest BCUT2D eigenvalue weighted by molar-refractivity contribution is 0.886. The van der Waals surface area contributed by atoms with Crippen molar-refractivity contribution in [1.82, 2.24) is 4.98 Å². The van der Waals surface area contributed by atoms with Gasteiger partial charge in [-0.15, -0.1) is 0 Å². The maximum atomic E-state index is 5.91. The van der Waals surface area contributed by atoms with Crippen molar-refractivity contribution in [3.8, 4) is 0 Å². The monoisotopic (exact) mass is 213 g/mol. The van der Waals surface area contributed by atoms with Gasteiger partial charge < -0.3 is 10.6 Å². The molecule has 0 aliphatic rings. The molecule has 2 rings (SSSR count). The van der Waals surface area contributed by atoms with Crippen LogP contribution in [-0.2, 0) is 6.54 Å². The summed E-state index contributed by atoms with van der Waals surface area (Å²) >= 11 is 0. The first-order chi connectivity index (χ1) is 7.77. The van der Waals surface area contributed by atoms with Gasteiger partial charge >= 0.3 is 0 Å². The first-order valence-electron chi connectivity index (χ1n) is 5.23. The van der Waals surface area contributed by atoms with Gasteiger partial charge in [0.05, 0.1) is 23.6 Å². The molecular weight excluding hydrogens is 198 g/mol. The summed E-state index contributed by atoms with van der Waals surface area (Å²) in [4.78, 5) is 6.39. The smallest absolute Gasteiger partial charge is 0.0600 e. The second kappa shape index (κ2) is 4.66. The summed E-state index contributed by atoms with van der Waals surface area (Å²) in [7, 11) is 2.01. The number of nitrogens with zero attached hydrogens (tertiary/aromatic N) is 2. The van der Waals surface area contributed by atoms with Crippen molar-refractivity contribution in [1.29, 1.82) is 0 Å². The Bertz CT molecular complexity index is 454. The largest absolute Gasteiger partial charge is 0.397 e. The zero-order chi connectivity index (χ0) is 11.4. The summed E-state index contributed by atoms with van der Waals surface area (Å²) < 4.78 is 0. The van der Waals surface area contributed by atoms with E-state index in [4.69, 9.17) is 5.73 Å². The van der Waals surface area contributed by atoms with Gasteiger partial charge in [-0.1, -0.05) is 18.2 Å². The third-order valence-corrected chi connectivity index (χ3v) is 2.47. The molecule has 3 heteroatoms. The number of para-hydroxylation sites is 2. The van der Waals surface area contributed by atoms with Crippen LogP contribution in [-0.4, -0.2) is 12.0 Å². The van der Waals surface area contributed by atoms with E-state index >= 15 is 0 Å². The molecule has 0 fully saturated rings. The van der Waals surface area contributed by atoms with E-state index in [-0.39, 0.29) is 0 Å². The van der Waals surface area contributed by atoms with E-state index in [1.165, 1.54) is 0 Å². The minimum atomic E-state index is 0.759. The van der Waals surface area contributed by atoms with Crippen LogP contribution in [0.15, 0.2) is 48.7 Å². The summed E-state index contributed by atoms with van der Waals surface area (Å²) in [5.41, 5.74) is 8.78. The number of nitrogens with two attached hydrogens (primary N) is 1. The van der Waals surface area contributed by atoms with E-state index in [0.717, 1.165) is 23.6 Å². The average Bonchev–Trinajstić information content (AvgIpc) is 2.31. The van der Waals surface area contributed by atoms with E-state index in [1.54, 1.807) is 6.20 Å². The standard InChI is InChI=1S/C13H15N3/c1-16(10-11-6-4-5-9-15-11)13-8-3-2-7-12(13)14/h2-9H,10,14H2,1H3. The van der Waals surface area contributed by atoms with Gasteiger partial charge in [-0.05, 0) is 24.3 Å². The number of benzene rings is 1. The van der Waals surface area contributed by atoms with Crippen molar-refractivity contribution >= 4 is 11.4 Å². The predicted molar refractivity (Wildman–Crippen MR) is 67.2 cm³/mol. The Hall–Kier alpha value is -2.03. The molecule has 1 aromatic carbocycles. The number of hydrogen-bond donors (Lipinski definition) is 1. The van der Waals surface area contributed by atoms with Crippen LogP contribution in [0.25, 0.3) is 0 Å². The van der Waals surface area contributed by atoms with Gasteiger partial charge in [0.1, 0.15) is 0 Å². The maximum absolute atomic E-state index is 5.91. The Morgan fingerprint density at radius 1 is 1.12 bits per heavy atom. The number of rotatable bonds is 3. The Morgan fingerprint density at radius 3 is 2.56 bits per heavy atom. The molecule has 0 saturated heterocycles. The fraction of sp³-hybridized carbons (Fsp3) is 0.154. The molecule has 0 radical (unpaired) electrons. The first-order valence-corrected chi connectivity index (χ1v) is 5.23. The van der Waals surface area contributed by atoms with Crippen LogP contribution in [0.2, 0.25) is 0 Å². The molecule has 1 heterocycles. The average molecular weight is 213 g/mol. The summed E-state index contributed by atoms with van der Waals surface area (Å²) in [6.07, 6.45) is 1.80. The molecule has 2 N–H and O–H groups in total. The number of nitrogen functional groups attached to an aromatic ring is 1. The second-order valence-electron chi connectivity index (χ2n) is 3.74. The van der Waals surface area contributed by atoms with Crippen LogP contribution in [0.4, 0.5) is 11.4 Å². The van der Waals surface area contributed by atoms with E-state index < -0.39 is 0 Å². The summed E-state index contributed by atoms with van der Waals surface area (Å²) in [5.74, 6) is 0. The van der Waals surface area contributed by atoms with E-state index in [9.17, 15) is 0 Å². The van der Waals surface area contributed by atoms with Crippen molar-refractivity contribution in [3.63, 3.8) is 0 Å². The van der Waals surface area contributed by atoms with Gasteiger partial charge in [-0.2, -0.15) is 0 Å². The van der Waals surface area contributed by atoms with Crippen LogP contribution in [0.3, 0.4) is 0 Å². The minimum absolute atomic E-state index is 0.759. The van der Waals surface area contributed by atoms with Gasteiger partial charge in [0.25, 0.3) is 0 Å². The number of aromatic nitrogens is 1. The van der Waals surface area contributed by atoms with Crippen molar-refractivity contribution < 1.29 is 0 Å². The molecule has 2 aromatic rings. The number of anilines is 2. The van der Waals surface area contributed by atoms with Gasteiger partial charge in [-0.3, -0.25) is 4.98 Å². The SMILES string of the molecule is CN(Cc1ccccn1)c1ccccc1N. The van der Waals surface area contributed by atoms with Gasteiger partial charge in [0.2, 0.25) is 0 Å². The molecule has 0 aliphatic heterocycles. The quantitative estimate of drug-likeness (QED) is 0.795. The highest BCUT2D eigenvalue weighted by Gasteiger charge is 2.05. The minimum Gasteiger partial charge on any atom is -0.397 e. The lowest BCUT2D eigenvalue weighted by atomic mass is 10.2. The molecule has 0 amide bonds. The first kappa shape index (κ1) is 10.5. The summed E-state index contributed by atoms with van der Waals surface area (Å²) in [5, 5.41) is 0. The fourth-order valence-corrected chi connectivity index (χ4v) is 1.65. The summed E-state index contributed by atoms with van der Waals surface area (Å²) in [6.45, 7) is 0.759. The molecule has 0 bridgehead atoms. The topological polar surface area (TPSA) is 42.2 Å². The van der Waals surface area contributed by atoms with Gasteiger partial charge in [0, 0.05) is 13.2 Å². The third-order valence-electron chi connectivity index (χ3n) is 2.47. The molecule has 0 atom stereocenters.